The Bertz CT molecular complexity index is 1350. The highest BCUT2D eigenvalue weighted by atomic mass is 79.9. The van der Waals surface area contributed by atoms with E-state index in [2.05, 4.69) is 21.2 Å². The fourth-order valence-corrected chi connectivity index (χ4v) is 4.92. The topological polar surface area (TPSA) is 75.7 Å². The number of rotatable bonds is 7. The number of amides is 3. The summed E-state index contributed by atoms with van der Waals surface area (Å²) in [5.41, 5.74) is 2.03. The fourth-order valence-electron chi connectivity index (χ4n) is 3.19. The van der Waals surface area contributed by atoms with Crippen molar-refractivity contribution in [1.29, 1.82) is 0 Å². The Kier molecular flexibility index (Phi) is 8.18. The quantitative estimate of drug-likeness (QED) is 0.299. The molecule has 3 aromatic carbocycles. The van der Waals surface area contributed by atoms with Crippen LogP contribution in [-0.2, 0) is 16.2 Å². The van der Waals surface area contributed by atoms with E-state index in [1.807, 2.05) is 18.2 Å². The first-order valence-electron chi connectivity index (χ1n) is 10.3. The van der Waals surface area contributed by atoms with Crippen molar-refractivity contribution in [1.82, 2.24) is 4.90 Å². The summed E-state index contributed by atoms with van der Waals surface area (Å²) < 4.78 is 6.52. The minimum absolute atomic E-state index is 0.224. The summed E-state index contributed by atoms with van der Waals surface area (Å²) in [5.74, 6) is -0.428. The van der Waals surface area contributed by atoms with E-state index in [-0.39, 0.29) is 4.91 Å². The van der Waals surface area contributed by atoms with Crippen LogP contribution in [0.5, 0.6) is 5.75 Å². The van der Waals surface area contributed by atoms with Crippen LogP contribution in [0.15, 0.2) is 76.1 Å². The number of nitrogens with one attached hydrogen (secondary N) is 1. The van der Waals surface area contributed by atoms with E-state index in [0.717, 1.165) is 22.2 Å². The van der Waals surface area contributed by atoms with Crippen molar-refractivity contribution in [2.24, 2.45) is 0 Å². The molecule has 10 heteroatoms. The van der Waals surface area contributed by atoms with Crippen LogP contribution in [0.3, 0.4) is 0 Å². The lowest BCUT2D eigenvalue weighted by Crippen LogP contribution is -2.36. The molecule has 0 atom stereocenters. The normalized spacial score (nSPS) is 14.5. The zero-order valence-electron chi connectivity index (χ0n) is 18.0. The molecule has 1 aliphatic heterocycles. The van der Waals surface area contributed by atoms with Crippen LogP contribution >= 0.6 is 50.9 Å². The van der Waals surface area contributed by atoms with Crippen LogP contribution in [0, 0.1) is 0 Å². The summed E-state index contributed by atoms with van der Waals surface area (Å²) in [6.07, 6.45) is 1.60. The van der Waals surface area contributed by atoms with E-state index < -0.39 is 23.6 Å². The van der Waals surface area contributed by atoms with Gasteiger partial charge in [-0.2, -0.15) is 0 Å². The molecular weight excluding hydrogens is 575 g/mol. The Balaban J connectivity index is 1.40. The number of thioether (sulfide) groups is 1. The number of imide groups is 1. The number of anilines is 1. The molecule has 1 saturated heterocycles. The molecule has 1 heterocycles. The number of halogens is 3. The van der Waals surface area contributed by atoms with E-state index in [4.69, 9.17) is 27.9 Å². The molecule has 0 saturated carbocycles. The molecule has 1 N–H and O–H groups in total. The Hall–Kier alpha value is -2.78. The summed E-state index contributed by atoms with van der Waals surface area (Å²) in [6.45, 7) is -0.0964. The van der Waals surface area contributed by atoms with Crippen molar-refractivity contribution < 1.29 is 19.1 Å². The zero-order chi connectivity index (χ0) is 24.9. The van der Waals surface area contributed by atoms with Crippen molar-refractivity contribution >= 4 is 79.7 Å². The molecule has 6 nitrogen and oxygen atoms in total. The van der Waals surface area contributed by atoms with Gasteiger partial charge in [-0.05, 0) is 75.7 Å². The molecule has 0 unspecified atom stereocenters. The van der Waals surface area contributed by atoms with Crippen LogP contribution in [0.1, 0.15) is 11.1 Å². The number of benzene rings is 3. The highest BCUT2D eigenvalue weighted by Crippen LogP contribution is 2.34. The molecule has 178 valence electrons. The van der Waals surface area contributed by atoms with Gasteiger partial charge in [0.25, 0.3) is 11.1 Å². The van der Waals surface area contributed by atoms with Crippen LogP contribution in [-0.4, -0.2) is 28.5 Å². The highest BCUT2D eigenvalue weighted by Gasteiger charge is 2.36. The van der Waals surface area contributed by atoms with Gasteiger partial charge in [-0.15, -0.1) is 0 Å². The maximum atomic E-state index is 12.8. The number of carbonyl (C=O) groups excluding carboxylic acids is 3. The molecular formula is C25H17BrCl2N2O4S. The summed E-state index contributed by atoms with van der Waals surface area (Å²) in [5, 5.41) is 3.20. The van der Waals surface area contributed by atoms with Crippen molar-refractivity contribution in [3.8, 4) is 5.75 Å². The third-order valence-corrected chi connectivity index (χ3v) is 7.01. The third kappa shape index (κ3) is 6.46. The highest BCUT2D eigenvalue weighted by molar-refractivity contribution is 9.10. The maximum Gasteiger partial charge on any atom is 0.294 e. The summed E-state index contributed by atoms with van der Waals surface area (Å²) in [7, 11) is 0. The Labute approximate surface area is 224 Å². The molecule has 3 amide bonds. The van der Waals surface area contributed by atoms with Gasteiger partial charge in [-0.1, -0.05) is 53.5 Å². The maximum absolute atomic E-state index is 12.8. The van der Waals surface area contributed by atoms with Gasteiger partial charge in [0.15, 0.2) is 0 Å². The van der Waals surface area contributed by atoms with Gasteiger partial charge in [0, 0.05) is 21.3 Å². The average Bonchev–Trinajstić information content (AvgIpc) is 3.07. The Morgan fingerprint density at radius 2 is 1.86 bits per heavy atom. The van der Waals surface area contributed by atoms with Gasteiger partial charge in [-0.3, -0.25) is 19.3 Å². The lowest BCUT2D eigenvalue weighted by molar-refractivity contribution is -0.127. The van der Waals surface area contributed by atoms with E-state index in [1.165, 1.54) is 0 Å². The van der Waals surface area contributed by atoms with E-state index in [9.17, 15) is 14.4 Å². The van der Waals surface area contributed by atoms with Crippen molar-refractivity contribution in [2.45, 2.75) is 6.61 Å². The van der Waals surface area contributed by atoms with E-state index in [0.29, 0.717) is 38.1 Å². The second kappa shape index (κ2) is 11.3. The van der Waals surface area contributed by atoms with Gasteiger partial charge in [0.05, 0.1) is 9.38 Å². The minimum atomic E-state index is -0.531. The summed E-state index contributed by atoms with van der Waals surface area (Å²) >= 11 is 16.3. The average molecular weight is 592 g/mol. The third-order valence-electron chi connectivity index (χ3n) is 4.88. The van der Waals surface area contributed by atoms with Gasteiger partial charge < -0.3 is 10.1 Å². The van der Waals surface area contributed by atoms with E-state index in [1.54, 1.807) is 54.6 Å². The smallest absolute Gasteiger partial charge is 0.294 e. The van der Waals surface area contributed by atoms with Crippen LogP contribution in [0.2, 0.25) is 10.0 Å². The number of hydrogen-bond donors (Lipinski definition) is 1. The van der Waals surface area contributed by atoms with Crippen molar-refractivity contribution in [3.05, 3.63) is 97.3 Å². The minimum Gasteiger partial charge on any atom is -0.488 e. The standard InChI is InChI=1S/C25H17BrCl2N2O4S/c26-19-10-15(8-9-21(19)34-14-16-4-1-2-7-20(16)28)11-22-24(32)30(25(33)35-22)13-23(31)29-18-6-3-5-17(27)12-18/h1-12H,13-14H2,(H,29,31)/b22-11+. The van der Waals surface area contributed by atoms with Gasteiger partial charge >= 0.3 is 0 Å². The molecule has 3 aromatic rings. The summed E-state index contributed by atoms with van der Waals surface area (Å²) in [4.78, 5) is 38.6. The number of carbonyl (C=O) groups is 3. The van der Waals surface area contributed by atoms with Crippen molar-refractivity contribution in [2.75, 3.05) is 11.9 Å². The predicted molar refractivity (Wildman–Crippen MR) is 143 cm³/mol. The molecule has 0 spiro atoms. The monoisotopic (exact) mass is 590 g/mol. The molecule has 1 fully saturated rings. The number of ether oxygens (including phenoxy) is 1. The van der Waals surface area contributed by atoms with Crippen LogP contribution in [0.25, 0.3) is 6.08 Å². The predicted octanol–water partition coefficient (Wildman–Crippen LogP) is 7.01. The first-order chi connectivity index (χ1) is 16.8. The molecule has 4 rings (SSSR count). The van der Waals surface area contributed by atoms with Gasteiger partial charge in [0.2, 0.25) is 5.91 Å². The van der Waals surface area contributed by atoms with Crippen LogP contribution in [0.4, 0.5) is 10.5 Å². The molecule has 1 aliphatic rings. The first kappa shape index (κ1) is 25.3. The molecule has 0 bridgehead atoms. The second-order valence-electron chi connectivity index (χ2n) is 7.40. The first-order valence-corrected chi connectivity index (χ1v) is 12.6. The van der Waals surface area contributed by atoms with Crippen LogP contribution < -0.4 is 10.1 Å². The SMILES string of the molecule is O=C(CN1C(=O)S/C(=C/c2ccc(OCc3ccccc3Cl)c(Br)c2)C1=O)Nc1cccc(Cl)c1. The Morgan fingerprint density at radius 3 is 2.60 bits per heavy atom. The molecule has 0 radical (unpaired) electrons. The Morgan fingerprint density at radius 1 is 1.06 bits per heavy atom. The van der Waals surface area contributed by atoms with Crippen molar-refractivity contribution in [3.63, 3.8) is 0 Å². The second-order valence-corrected chi connectivity index (χ2v) is 10.1. The lowest BCUT2D eigenvalue weighted by atomic mass is 10.2. The zero-order valence-corrected chi connectivity index (χ0v) is 21.9. The molecule has 35 heavy (non-hydrogen) atoms. The number of hydrogen-bond acceptors (Lipinski definition) is 5. The summed E-state index contributed by atoms with van der Waals surface area (Å²) in [6, 6.07) is 19.3. The molecule has 0 aliphatic carbocycles. The molecule has 0 aromatic heterocycles. The van der Waals surface area contributed by atoms with Gasteiger partial charge in [0.1, 0.15) is 18.9 Å². The van der Waals surface area contributed by atoms with Gasteiger partial charge in [-0.25, -0.2) is 0 Å². The fraction of sp³-hybridized carbons (Fsp3) is 0.0800. The number of nitrogens with zero attached hydrogens (tertiary/aromatic N) is 1. The largest absolute Gasteiger partial charge is 0.488 e. The lowest BCUT2D eigenvalue weighted by Gasteiger charge is -2.12. The van der Waals surface area contributed by atoms with E-state index >= 15 is 0 Å².